The second-order valence-corrected chi connectivity index (χ2v) is 1.54. The van der Waals surface area contributed by atoms with Crippen LogP contribution in [0.4, 0.5) is 13.2 Å². The molecule has 0 aromatic rings. The van der Waals surface area contributed by atoms with Gasteiger partial charge in [0, 0.05) is 6.42 Å². The predicted molar refractivity (Wildman–Crippen MR) is 30.1 cm³/mol. The van der Waals surface area contributed by atoms with Gasteiger partial charge in [0.15, 0.2) is 5.71 Å². The van der Waals surface area contributed by atoms with Gasteiger partial charge in [-0.3, -0.25) is 0 Å². The van der Waals surface area contributed by atoms with Gasteiger partial charge >= 0.3 is 6.18 Å². The molecule has 5 heteroatoms. The first kappa shape index (κ1) is 9.00. The van der Waals surface area contributed by atoms with Gasteiger partial charge < -0.3 is 5.21 Å². The number of rotatable bonds is 2. The molecular weight excluding hydrogens is 147 g/mol. The van der Waals surface area contributed by atoms with Gasteiger partial charge in [-0.15, -0.1) is 6.58 Å². The molecule has 0 aliphatic carbocycles. The molecule has 0 aliphatic rings. The number of hydrogen-bond donors (Lipinski definition) is 1. The third-order valence-electron chi connectivity index (χ3n) is 0.786. The molecule has 0 amide bonds. The van der Waals surface area contributed by atoms with Gasteiger partial charge in [0.05, 0.1) is 0 Å². The Balaban J connectivity index is 4.23. The first-order chi connectivity index (χ1) is 4.52. The molecule has 0 aromatic carbocycles. The van der Waals surface area contributed by atoms with E-state index in [1.54, 1.807) is 0 Å². The molecule has 0 spiro atoms. The van der Waals surface area contributed by atoms with E-state index in [2.05, 4.69) is 11.7 Å². The lowest BCUT2D eigenvalue weighted by atomic mass is 10.2. The first-order valence-corrected chi connectivity index (χ1v) is 2.41. The standard InChI is InChI=1S/C5H6F3NO/c1-2-3-4(9-10)5(6,7)8/h2,10H,1,3H2/b9-4+. The number of halogens is 3. The summed E-state index contributed by atoms with van der Waals surface area (Å²) in [6.07, 6.45) is -4.01. The average Bonchev–Trinajstić information content (AvgIpc) is 1.80. The van der Waals surface area contributed by atoms with Crippen LogP contribution in [0.3, 0.4) is 0 Å². The Kier molecular flexibility index (Phi) is 2.92. The van der Waals surface area contributed by atoms with E-state index >= 15 is 0 Å². The molecule has 10 heavy (non-hydrogen) atoms. The summed E-state index contributed by atoms with van der Waals surface area (Å²) in [6.45, 7) is 3.07. The second kappa shape index (κ2) is 3.24. The SMILES string of the molecule is C=CC/C(=N\O)C(F)(F)F. The van der Waals surface area contributed by atoms with Crippen LogP contribution < -0.4 is 0 Å². The quantitative estimate of drug-likeness (QED) is 0.279. The highest BCUT2D eigenvalue weighted by Crippen LogP contribution is 2.19. The van der Waals surface area contributed by atoms with Crippen molar-refractivity contribution in [1.29, 1.82) is 0 Å². The van der Waals surface area contributed by atoms with Crippen LogP contribution in [0.1, 0.15) is 6.42 Å². The second-order valence-electron chi connectivity index (χ2n) is 1.54. The molecule has 0 aliphatic heterocycles. The molecule has 0 saturated carbocycles. The molecule has 0 unspecified atom stereocenters. The lowest BCUT2D eigenvalue weighted by Gasteiger charge is -2.04. The molecule has 0 rings (SSSR count). The van der Waals surface area contributed by atoms with Crippen molar-refractivity contribution in [2.45, 2.75) is 12.6 Å². The van der Waals surface area contributed by atoms with Crippen LogP contribution >= 0.6 is 0 Å². The summed E-state index contributed by atoms with van der Waals surface area (Å²) in [5.41, 5.74) is -1.23. The van der Waals surface area contributed by atoms with E-state index in [9.17, 15) is 13.2 Å². The maximum Gasteiger partial charge on any atom is 0.433 e. The Morgan fingerprint density at radius 3 is 2.20 bits per heavy atom. The van der Waals surface area contributed by atoms with Crippen LogP contribution in [0.15, 0.2) is 17.8 Å². The van der Waals surface area contributed by atoms with Crippen molar-refractivity contribution < 1.29 is 18.4 Å². The number of oxime groups is 1. The Morgan fingerprint density at radius 2 is 2.10 bits per heavy atom. The van der Waals surface area contributed by atoms with Gasteiger partial charge in [-0.1, -0.05) is 11.2 Å². The number of hydrogen-bond acceptors (Lipinski definition) is 2. The third-order valence-corrected chi connectivity index (χ3v) is 0.786. The van der Waals surface area contributed by atoms with Gasteiger partial charge in [0.2, 0.25) is 0 Å². The molecule has 2 nitrogen and oxygen atoms in total. The summed E-state index contributed by atoms with van der Waals surface area (Å²) in [5.74, 6) is 0. The highest BCUT2D eigenvalue weighted by atomic mass is 19.4. The van der Waals surface area contributed by atoms with Gasteiger partial charge in [-0.2, -0.15) is 13.2 Å². The number of alkyl halides is 3. The highest BCUT2D eigenvalue weighted by Gasteiger charge is 2.35. The summed E-state index contributed by atoms with van der Waals surface area (Å²) in [7, 11) is 0. The van der Waals surface area contributed by atoms with E-state index in [4.69, 9.17) is 5.21 Å². The molecule has 58 valence electrons. The van der Waals surface area contributed by atoms with E-state index < -0.39 is 18.3 Å². The van der Waals surface area contributed by atoms with Gasteiger partial charge in [0.25, 0.3) is 0 Å². The zero-order valence-corrected chi connectivity index (χ0v) is 5.02. The fourth-order valence-corrected chi connectivity index (χ4v) is 0.350. The molecule has 0 atom stereocenters. The predicted octanol–water partition coefficient (Wildman–Crippen LogP) is 1.95. The summed E-state index contributed by atoms with van der Waals surface area (Å²) in [6, 6.07) is 0. The van der Waals surface area contributed by atoms with Gasteiger partial charge in [-0.25, -0.2) is 0 Å². The summed E-state index contributed by atoms with van der Waals surface area (Å²) in [4.78, 5) is 0. The van der Waals surface area contributed by atoms with Crippen molar-refractivity contribution in [1.82, 2.24) is 0 Å². The lowest BCUT2D eigenvalue weighted by molar-refractivity contribution is -0.0621. The minimum absolute atomic E-state index is 0.472. The van der Waals surface area contributed by atoms with Gasteiger partial charge in [-0.05, 0) is 0 Å². The van der Waals surface area contributed by atoms with Crippen LogP contribution in [-0.4, -0.2) is 17.1 Å². The van der Waals surface area contributed by atoms with Crippen LogP contribution in [0, 0.1) is 0 Å². The fraction of sp³-hybridized carbons (Fsp3) is 0.400. The van der Waals surface area contributed by atoms with Crippen molar-refractivity contribution in [2.75, 3.05) is 0 Å². The molecule has 0 saturated heterocycles. The molecule has 0 heterocycles. The van der Waals surface area contributed by atoms with Gasteiger partial charge in [0.1, 0.15) is 0 Å². The van der Waals surface area contributed by atoms with E-state index in [1.807, 2.05) is 0 Å². The third kappa shape index (κ3) is 2.52. The van der Waals surface area contributed by atoms with Crippen LogP contribution in [-0.2, 0) is 0 Å². The maximum absolute atomic E-state index is 11.6. The maximum atomic E-state index is 11.6. The lowest BCUT2D eigenvalue weighted by Crippen LogP contribution is -2.21. The van der Waals surface area contributed by atoms with Crippen molar-refractivity contribution in [3.63, 3.8) is 0 Å². The molecule has 0 radical (unpaired) electrons. The zero-order valence-electron chi connectivity index (χ0n) is 5.02. The smallest absolute Gasteiger partial charge is 0.411 e. The summed E-state index contributed by atoms with van der Waals surface area (Å²) in [5, 5.41) is 9.88. The Morgan fingerprint density at radius 1 is 1.60 bits per heavy atom. The van der Waals surface area contributed by atoms with E-state index in [0.717, 1.165) is 6.08 Å². The van der Waals surface area contributed by atoms with Crippen molar-refractivity contribution in [2.24, 2.45) is 5.16 Å². The topological polar surface area (TPSA) is 32.6 Å². The van der Waals surface area contributed by atoms with Crippen LogP contribution in [0.25, 0.3) is 0 Å². The average molecular weight is 153 g/mol. The molecule has 0 aromatic heterocycles. The molecular formula is C5H6F3NO. The molecule has 1 N–H and O–H groups in total. The fourth-order valence-electron chi connectivity index (χ4n) is 0.350. The van der Waals surface area contributed by atoms with Crippen LogP contribution in [0.5, 0.6) is 0 Å². The van der Waals surface area contributed by atoms with E-state index in [-0.39, 0.29) is 0 Å². The van der Waals surface area contributed by atoms with Crippen molar-refractivity contribution >= 4 is 5.71 Å². The number of allylic oxidation sites excluding steroid dienone is 1. The Hall–Kier alpha value is -1.00. The van der Waals surface area contributed by atoms with Crippen LogP contribution in [0.2, 0.25) is 0 Å². The minimum atomic E-state index is -4.55. The highest BCUT2D eigenvalue weighted by molar-refractivity contribution is 5.90. The largest absolute Gasteiger partial charge is 0.433 e. The Labute approximate surface area is 55.6 Å². The molecule has 0 fully saturated rings. The van der Waals surface area contributed by atoms with E-state index in [0.29, 0.717) is 0 Å². The monoisotopic (exact) mass is 153 g/mol. The van der Waals surface area contributed by atoms with Crippen molar-refractivity contribution in [3.8, 4) is 0 Å². The first-order valence-electron chi connectivity index (χ1n) is 2.41. The molecule has 0 bridgehead atoms. The zero-order chi connectivity index (χ0) is 8.20. The van der Waals surface area contributed by atoms with Crippen molar-refractivity contribution in [3.05, 3.63) is 12.7 Å². The van der Waals surface area contributed by atoms with E-state index in [1.165, 1.54) is 0 Å². The number of nitrogens with zero attached hydrogens (tertiary/aromatic N) is 1. The summed E-state index contributed by atoms with van der Waals surface area (Å²) >= 11 is 0. The Bertz CT molecular complexity index is 149. The minimum Gasteiger partial charge on any atom is -0.411 e. The normalized spacial score (nSPS) is 13.3. The summed E-state index contributed by atoms with van der Waals surface area (Å²) < 4.78 is 34.7.